The van der Waals surface area contributed by atoms with Gasteiger partial charge in [-0.3, -0.25) is 4.90 Å². The van der Waals surface area contributed by atoms with E-state index in [0.29, 0.717) is 29.6 Å². The Balaban J connectivity index is 1.71. The molecule has 1 fully saturated rings. The van der Waals surface area contributed by atoms with E-state index in [1.54, 1.807) is 12.1 Å². The number of para-hydroxylation sites is 1. The van der Waals surface area contributed by atoms with Gasteiger partial charge in [0, 0.05) is 42.6 Å². The molecular formula is C25H30FN3O2. The zero-order chi connectivity index (χ0) is 21.6. The number of aromatic nitrogens is 2. The smallest absolute Gasteiger partial charge is 0.136 e. The molecule has 1 atom stereocenters. The predicted octanol–water partition coefficient (Wildman–Crippen LogP) is 4.81. The summed E-state index contributed by atoms with van der Waals surface area (Å²) in [4.78, 5) is 2.47. The normalized spacial score (nSPS) is 17.1. The van der Waals surface area contributed by atoms with Crippen LogP contribution < -0.4 is 4.74 Å². The minimum absolute atomic E-state index is 0.221. The molecule has 6 heteroatoms. The number of hydrogen-bond donors (Lipinski definition) is 1. The van der Waals surface area contributed by atoms with Crippen molar-refractivity contribution < 1.29 is 14.2 Å². The number of nitrogens with zero attached hydrogens (tertiary/aromatic N) is 3. The zero-order valence-electron chi connectivity index (χ0n) is 18.0. The van der Waals surface area contributed by atoms with E-state index in [1.165, 1.54) is 19.6 Å². The van der Waals surface area contributed by atoms with Gasteiger partial charge in [0.2, 0.25) is 0 Å². The molecule has 1 aliphatic rings. The van der Waals surface area contributed by atoms with Crippen LogP contribution in [0.25, 0.3) is 16.9 Å². The average Bonchev–Trinajstić information content (AvgIpc) is 3.22. The second-order valence-electron chi connectivity index (χ2n) is 8.11. The van der Waals surface area contributed by atoms with Crippen LogP contribution in [0.4, 0.5) is 4.39 Å². The maximum Gasteiger partial charge on any atom is 0.136 e. The van der Waals surface area contributed by atoms with Gasteiger partial charge in [-0.15, -0.1) is 0 Å². The van der Waals surface area contributed by atoms with E-state index in [2.05, 4.69) is 4.90 Å². The van der Waals surface area contributed by atoms with E-state index in [9.17, 15) is 9.50 Å². The number of ether oxygens (including phenoxy) is 1. The molecule has 1 aliphatic heterocycles. The first-order valence-electron chi connectivity index (χ1n) is 11.0. The van der Waals surface area contributed by atoms with Crippen molar-refractivity contribution in [2.45, 2.75) is 44.7 Å². The maximum absolute atomic E-state index is 15.0. The third kappa shape index (κ3) is 4.97. The van der Waals surface area contributed by atoms with Crippen molar-refractivity contribution in [1.29, 1.82) is 0 Å². The summed E-state index contributed by atoms with van der Waals surface area (Å²) < 4.78 is 22.0. The van der Waals surface area contributed by atoms with Crippen LogP contribution >= 0.6 is 0 Å². The summed E-state index contributed by atoms with van der Waals surface area (Å²) in [5.41, 5.74) is 3.09. The number of rotatable bonds is 8. The van der Waals surface area contributed by atoms with Gasteiger partial charge in [0.05, 0.1) is 12.8 Å². The lowest BCUT2D eigenvalue weighted by Gasteiger charge is -2.35. The van der Waals surface area contributed by atoms with Crippen molar-refractivity contribution in [1.82, 2.24) is 14.7 Å². The van der Waals surface area contributed by atoms with Crippen LogP contribution in [0.5, 0.6) is 5.75 Å². The standard InChI is InChI=1S/C25H30FN3O2/c1-31-22-12-13-23(24(26)16-22)25-19(18-29(27-25)21-9-3-2-4-10-21)17-28-14-6-5-8-20(28)11-7-15-30/h2-4,9-10,12-13,16,18,20,30H,5-8,11,14-15,17H2,1H3. The molecule has 5 nitrogen and oxygen atoms in total. The molecule has 164 valence electrons. The average molecular weight is 424 g/mol. The summed E-state index contributed by atoms with van der Waals surface area (Å²) in [6.45, 7) is 1.94. The second kappa shape index (κ2) is 10.1. The Kier molecular flexibility index (Phi) is 6.99. The topological polar surface area (TPSA) is 50.5 Å². The summed E-state index contributed by atoms with van der Waals surface area (Å²) in [6, 6.07) is 15.3. The molecule has 0 spiro atoms. The van der Waals surface area contributed by atoms with E-state index in [-0.39, 0.29) is 12.4 Å². The molecule has 0 aliphatic carbocycles. The largest absolute Gasteiger partial charge is 0.497 e. The summed E-state index contributed by atoms with van der Waals surface area (Å²) >= 11 is 0. The molecule has 2 aromatic carbocycles. The summed E-state index contributed by atoms with van der Waals surface area (Å²) in [6.07, 6.45) is 7.33. The minimum atomic E-state index is -0.339. The number of hydrogen-bond acceptors (Lipinski definition) is 4. The van der Waals surface area contributed by atoms with Gasteiger partial charge < -0.3 is 9.84 Å². The van der Waals surface area contributed by atoms with E-state index in [1.807, 2.05) is 41.2 Å². The molecule has 1 saturated heterocycles. The molecule has 1 unspecified atom stereocenters. The molecule has 4 rings (SSSR count). The highest BCUT2D eigenvalue weighted by molar-refractivity contribution is 5.65. The second-order valence-corrected chi connectivity index (χ2v) is 8.11. The highest BCUT2D eigenvalue weighted by Crippen LogP contribution is 2.31. The van der Waals surface area contributed by atoms with Crippen molar-refractivity contribution in [2.24, 2.45) is 0 Å². The maximum atomic E-state index is 15.0. The lowest BCUT2D eigenvalue weighted by molar-refractivity contribution is 0.124. The summed E-state index contributed by atoms with van der Waals surface area (Å²) in [5, 5.41) is 14.1. The molecule has 0 radical (unpaired) electrons. The quantitative estimate of drug-likeness (QED) is 0.565. The van der Waals surface area contributed by atoms with Crippen molar-refractivity contribution in [3.63, 3.8) is 0 Å². The predicted molar refractivity (Wildman–Crippen MR) is 120 cm³/mol. The van der Waals surface area contributed by atoms with Crippen LogP contribution in [-0.4, -0.2) is 46.1 Å². The molecule has 1 aromatic heterocycles. The van der Waals surface area contributed by atoms with Crippen LogP contribution in [0.3, 0.4) is 0 Å². The highest BCUT2D eigenvalue weighted by Gasteiger charge is 2.25. The van der Waals surface area contributed by atoms with Gasteiger partial charge in [-0.05, 0) is 56.5 Å². The minimum Gasteiger partial charge on any atom is -0.497 e. The summed E-state index contributed by atoms with van der Waals surface area (Å²) in [7, 11) is 1.53. The van der Waals surface area contributed by atoms with E-state index in [0.717, 1.165) is 43.5 Å². The fourth-order valence-corrected chi connectivity index (χ4v) is 4.42. The van der Waals surface area contributed by atoms with Crippen LogP contribution in [0.15, 0.2) is 54.7 Å². The molecule has 3 aromatic rings. The molecule has 0 saturated carbocycles. The van der Waals surface area contributed by atoms with E-state index >= 15 is 0 Å². The van der Waals surface area contributed by atoms with Crippen LogP contribution in [0.2, 0.25) is 0 Å². The van der Waals surface area contributed by atoms with Gasteiger partial charge in [0.1, 0.15) is 17.3 Å². The van der Waals surface area contributed by atoms with Crippen molar-refractivity contribution in [3.05, 3.63) is 66.1 Å². The van der Waals surface area contributed by atoms with Gasteiger partial charge in [-0.25, -0.2) is 9.07 Å². The SMILES string of the molecule is COc1ccc(-c2nn(-c3ccccc3)cc2CN2CCCCC2CCCO)c(F)c1. The first-order chi connectivity index (χ1) is 15.2. The lowest BCUT2D eigenvalue weighted by Crippen LogP contribution is -2.39. The third-order valence-electron chi connectivity index (χ3n) is 6.06. The van der Waals surface area contributed by atoms with Crippen molar-refractivity contribution >= 4 is 0 Å². The Morgan fingerprint density at radius 2 is 2.00 bits per heavy atom. The third-order valence-corrected chi connectivity index (χ3v) is 6.06. The monoisotopic (exact) mass is 423 g/mol. The number of halogens is 1. The highest BCUT2D eigenvalue weighted by atomic mass is 19.1. The Labute approximate surface area is 183 Å². The van der Waals surface area contributed by atoms with Gasteiger partial charge in [-0.2, -0.15) is 5.10 Å². The Morgan fingerprint density at radius 1 is 1.16 bits per heavy atom. The van der Waals surface area contributed by atoms with Crippen molar-refractivity contribution in [3.8, 4) is 22.7 Å². The lowest BCUT2D eigenvalue weighted by atomic mass is 9.97. The molecule has 0 amide bonds. The van der Waals surface area contributed by atoms with E-state index < -0.39 is 0 Å². The van der Waals surface area contributed by atoms with Crippen molar-refractivity contribution in [2.75, 3.05) is 20.3 Å². The Hall–Kier alpha value is -2.70. The van der Waals surface area contributed by atoms with Gasteiger partial charge in [-0.1, -0.05) is 24.6 Å². The first-order valence-corrected chi connectivity index (χ1v) is 11.0. The molecule has 1 N–H and O–H groups in total. The number of likely N-dealkylation sites (tertiary alicyclic amines) is 1. The number of benzene rings is 2. The Bertz CT molecular complexity index is 990. The molecule has 0 bridgehead atoms. The number of piperidine rings is 1. The molecule has 31 heavy (non-hydrogen) atoms. The van der Waals surface area contributed by atoms with Crippen LogP contribution in [-0.2, 0) is 6.54 Å². The number of methoxy groups -OCH3 is 1. The fraction of sp³-hybridized carbons (Fsp3) is 0.400. The first kappa shape index (κ1) is 21.5. The van der Waals surface area contributed by atoms with Gasteiger partial charge in [0.15, 0.2) is 0 Å². The zero-order valence-corrected chi connectivity index (χ0v) is 18.0. The fourth-order valence-electron chi connectivity index (χ4n) is 4.42. The van der Waals surface area contributed by atoms with Gasteiger partial charge in [0.25, 0.3) is 0 Å². The number of aliphatic hydroxyl groups is 1. The van der Waals surface area contributed by atoms with Crippen LogP contribution in [0.1, 0.15) is 37.7 Å². The molecular weight excluding hydrogens is 393 g/mol. The van der Waals surface area contributed by atoms with Gasteiger partial charge >= 0.3 is 0 Å². The molecule has 2 heterocycles. The Morgan fingerprint density at radius 3 is 2.74 bits per heavy atom. The summed E-state index contributed by atoms with van der Waals surface area (Å²) in [5.74, 6) is 0.153. The number of aliphatic hydroxyl groups excluding tert-OH is 1. The van der Waals surface area contributed by atoms with Crippen LogP contribution in [0, 0.1) is 5.82 Å². The van der Waals surface area contributed by atoms with E-state index in [4.69, 9.17) is 9.84 Å².